The zero-order valence-corrected chi connectivity index (χ0v) is 17.8. The van der Waals surface area contributed by atoms with Crippen molar-refractivity contribution in [3.8, 4) is 17.2 Å². The highest BCUT2D eigenvalue weighted by Crippen LogP contribution is 2.34. The molecule has 0 unspecified atom stereocenters. The third-order valence-corrected chi connectivity index (χ3v) is 4.78. The van der Waals surface area contributed by atoms with Gasteiger partial charge >= 0.3 is 6.03 Å². The lowest BCUT2D eigenvalue weighted by molar-refractivity contribution is -0.127. The summed E-state index contributed by atoms with van der Waals surface area (Å²) < 4.78 is 15.6. The fourth-order valence-electron chi connectivity index (χ4n) is 2.93. The second kappa shape index (κ2) is 9.40. The number of nitrogens with one attached hydrogen (secondary N) is 2. The molecule has 2 N–H and O–H groups in total. The molecule has 2 aromatic carbocycles. The van der Waals surface area contributed by atoms with Crippen LogP contribution in [-0.2, 0) is 9.59 Å². The number of benzene rings is 2. The van der Waals surface area contributed by atoms with Crippen molar-refractivity contribution in [2.75, 3.05) is 33.2 Å². The van der Waals surface area contributed by atoms with Gasteiger partial charge in [0.15, 0.2) is 11.5 Å². The van der Waals surface area contributed by atoms with Crippen LogP contribution in [0.2, 0.25) is 5.02 Å². The van der Waals surface area contributed by atoms with Crippen molar-refractivity contribution in [1.29, 1.82) is 0 Å². The highest BCUT2D eigenvalue weighted by Gasteiger charge is 2.35. The summed E-state index contributed by atoms with van der Waals surface area (Å²) in [6.45, 7) is -0.472. The topological polar surface area (TPSA) is 106 Å². The maximum absolute atomic E-state index is 12.7. The lowest BCUT2D eigenvalue weighted by Gasteiger charge is -2.13. The number of carbonyl (C=O) groups is 3. The van der Waals surface area contributed by atoms with Crippen LogP contribution in [0.25, 0.3) is 6.08 Å². The number of imide groups is 1. The van der Waals surface area contributed by atoms with E-state index < -0.39 is 24.4 Å². The highest BCUT2D eigenvalue weighted by atomic mass is 35.5. The zero-order valence-electron chi connectivity index (χ0n) is 17.0. The van der Waals surface area contributed by atoms with Gasteiger partial charge in [0.2, 0.25) is 5.91 Å². The third kappa shape index (κ3) is 4.72. The molecule has 3 rings (SSSR count). The maximum Gasteiger partial charge on any atom is 0.329 e. The lowest BCUT2D eigenvalue weighted by atomic mass is 10.1. The average Bonchev–Trinajstić information content (AvgIpc) is 3.02. The predicted octanol–water partition coefficient (Wildman–Crippen LogP) is 2.90. The van der Waals surface area contributed by atoms with E-state index in [2.05, 4.69) is 10.6 Å². The number of halogens is 1. The Hall–Kier alpha value is -3.72. The molecule has 162 valence electrons. The predicted molar refractivity (Wildman–Crippen MR) is 114 cm³/mol. The van der Waals surface area contributed by atoms with Crippen LogP contribution in [0, 0.1) is 0 Å². The molecule has 0 aromatic heterocycles. The van der Waals surface area contributed by atoms with Crippen LogP contribution in [0.15, 0.2) is 42.1 Å². The number of anilines is 1. The molecule has 2 aromatic rings. The van der Waals surface area contributed by atoms with Gasteiger partial charge in [-0.25, -0.2) is 9.69 Å². The Morgan fingerprint density at radius 2 is 1.71 bits per heavy atom. The SMILES string of the molecule is COc1ccccc1NC(=O)CN1C(=O)N/C(=C/c2cc(OC)c(OC)cc2Cl)C1=O. The van der Waals surface area contributed by atoms with Gasteiger partial charge in [-0.05, 0) is 29.8 Å². The molecular weight excluding hydrogens is 426 g/mol. The number of nitrogens with zero attached hydrogens (tertiary/aromatic N) is 1. The Morgan fingerprint density at radius 3 is 2.39 bits per heavy atom. The van der Waals surface area contributed by atoms with Crippen LogP contribution >= 0.6 is 11.6 Å². The number of hydrogen-bond donors (Lipinski definition) is 2. The molecule has 4 amide bonds. The van der Waals surface area contributed by atoms with E-state index >= 15 is 0 Å². The smallest absolute Gasteiger partial charge is 0.329 e. The first-order valence-corrected chi connectivity index (χ1v) is 9.44. The number of ether oxygens (including phenoxy) is 3. The summed E-state index contributed by atoms with van der Waals surface area (Å²) >= 11 is 6.25. The van der Waals surface area contributed by atoms with E-state index in [1.165, 1.54) is 33.5 Å². The van der Waals surface area contributed by atoms with Crippen molar-refractivity contribution >= 4 is 41.2 Å². The monoisotopic (exact) mass is 445 g/mol. The van der Waals surface area contributed by atoms with E-state index in [0.717, 1.165) is 4.90 Å². The first-order chi connectivity index (χ1) is 14.9. The Morgan fingerprint density at radius 1 is 1.06 bits per heavy atom. The second-order valence-corrected chi connectivity index (χ2v) is 6.76. The van der Waals surface area contributed by atoms with E-state index in [1.54, 1.807) is 30.3 Å². The summed E-state index contributed by atoms with van der Waals surface area (Å²) in [6.07, 6.45) is 1.41. The Bertz CT molecular complexity index is 1070. The van der Waals surface area contributed by atoms with Gasteiger partial charge in [-0.2, -0.15) is 0 Å². The van der Waals surface area contributed by atoms with Crippen molar-refractivity contribution < 1.29 is 28.6 Å². The largest absolute Gasteiger partial charge is 0.495 e. The number of rotatable bonds is 7. The minimum atomic E-state index is -0.719. The van der Waals surface area contributed by atoms with E-state index in [0.29, 0.717) is 33.5 Å². The van der Waals surface area contributed by atoms with Gasteiger partial charge < -0.3 is 24.8 Å². The molecule has 0 saturated carbocycles. The van der Waals surface area contributed by atoms with Gasteiger partial charge in [0.1, 0.15) is 18.0 Å². The van der Waals surface area contributed by atoms with E-state index in [-0.39, 0.29) is 5.70 Å². The Labute approximate surface area is 183 Å². The number of para-hydroxylation sites is 2. The minimum absolute atomic E-state index is 0.0239. The molecule has 10 heteroatoms. The van der Waals surface area contributed by atoms with Crippen LogP contribution in [0.3, 0.4) is 0 Å². The molecule has 1 saturated heterocycles. The van der Waals surface area contributed by atoms with Crippen LogP contribution in [-0.4, -0.2) is 50.6 Å². The molecule has 1 heterocycles. The average molecular weight is 446 g/mol. The van der Waals surface area contributed by atoms with Crippen LogP contribution in [0.5, 0.6) is 17.2 Å². The molecule has 0 bridgehead atoms. The second-order valence-electron chi connectivity index (χ2n) is 6.36. The first-order valence-electron chi connectivity index (χ1n) is 9.06. The Balaban J connectivity index is 1.77. The molecule has 9 nitrogen and oxygen atoms in total. The van der Waals surface area contributed by atoms with Gasteiger partial charge in [-0.15, -0.1) is 0 Å². The van der Waals surface area contributed by atoms with Crippen molar-refractivity contribution in [3.05, 3.63) is 52.7 Å². The fraction of sp³-hybridized carbons (Fsp3) is 0.190. The van der Waals surface area contributed by atoms with E-state index in [1.807, 2.05) is 0 Å². The molecular formula is C21H20ClN3O6. The number of carbonyl (C=O) groups excluding carboxylic acids is 3. The van der Waals surface area contributed by atoms with Gasteiger partial charge in [-0.1, -0.05) is 23.7 Å². The van der Waals surface area contributed by atoms with Crippen LogP contribution in [0.4, 0.5) is 10.5 Å². The normalized spacial score (nSPS) is 14.5. The van der Waals surface area contributed by atoms with E-state index in [4.69, 9.17) is 25.8 Å². The lowest BCUT2D eigenvalue weighted by Crippen LogP contribution is -2.38. The number of urea groups is 1. The summed E-state index contributed by atoms with van der Waals surface area (Å²) in [5, 5.41) is 5.36. The first kappa shape index (κ1) is 22.0. The zero-order chi connectivity index (χ0) is 22.5. The van der Waals surface area contributed by atoms with Crippen molar-refractivity contribution in [2.24, 2.45) is 0 Å². The van der Waals surface area contributed by atoms with Crippen molar-refractivity contribution in [2.45, 2.75) is 0 Å². The standard InChI is InChI=1S/C21H20ClN3O6/c1-29-16-7-5-4-6-14(16)23-19(26)11-25-20(27)15(24-21(25)28)8-12-9-17(30-2)18(31-3)10-13(12)22/h4-10H,11H2,1-3H3,(H,23,26)(H,24,28)/b15-8+. The van der Waals surface area contributed by atoms with Crippen LogP contribution < -0.4 is 24.8 Å². The van der Waals surface area contributed by atoms with Crippen molar-refractivity contribution in [3.63, 3.8) is 0 Å². The summed E-state index contributed by atoms with van der Waals surface area (Å²) in [5.74, 6) is 0.0655. The Kier molecular flexibility index (Phi) is 6.66. The number of methoxy groups -OCH3 is 3. The minimum Gasteiger partial charge on any atom is -0.495 e. The van der Waals surface area contributed by atoms with E-state index in [9.17, 15) is 14.4 Å². The highest BCUT2D eigenvalue weighted by molar-refractivity contribution is 6.32. The molecule has 0 atom stereocenters. The molecule has 31 heavy (non-hydrogen) atoms. The summed E-state index contributed by atoms with van der Waals surface area (Å²) in [7, 11) is 4.41. The quantitative estimate of drug-likeness (QED) is 0.501. The van der Waals surface area contributed by atoms with Gasteiger partial charge in [0.05, 0.1) is 32.0 Å². The molecule has 1 aliphatic heterocycles. The van der Waals surface area contributed by atoms with Gasteiger partial charge in [0.25, 0.3) is 5.91 Å². The molecule has 0 radical (unpaired) electrons. The molecule has 0 spiro atoms. The summed E-state index contributed by atoms with van der Waals surface area (Å²) in [6, 6.07) is 9.19. The van der Waals surface area contributed by atoms with Crippen molar-refractivity contribution in [1.82, 2.24) is 10.2 Å². The molecule has 0 aliphatic carbocycles. The summed E-state index contributed by atoms with van der Waals surface area (Å²) in [4.78, 5) is 38.2. The molecule has 1 fully saturated rings. The summed E-state index contributed by atoms with van der Waals surface area (Å²) in [5.41, 5.74) is 0.836. The van der Waals surface area contributed by atoms with Gasteiger partial charge in [0, 0.05) is 6.07 Å². The number of hydrogen-bond acceptors (Lipinski definition) is 6. The molecule has 1 aliphatic rings. The fourth-order valence-corrected chi connectivity index (χ4v) is 3.14. The van der Waals surface area contributed by atoms with Crippen LogP contribution in [0.1, 0.15) is 5.56 Å². The maximum atomic E-state index is 12.7. The number of amides is 4. The third-order valence-electron chi connectivity index (χ3n) is 4.45. The van der Waals surface area contributed by atoms with Gasteiger partial charge in [-0.3, -0.25) is 9.59 Å².